The fourth-order valence-corrected chi connectivity index (χ4v) is 1.14. The Balaban J connectivity index is 2.95. The molecule has 1 rings (SSSR count). The highest BCUT2D eigenvalue weighted by molar-refractivity contribution is 8.11. The predicted octanol–water partition coefficient (Wildman–Crippen LogP) is 3.33. The van der Waals surface area contributed by atoms with Crippen molar-refractivity contribution in [3.8, 4) is 0 Å². The molecule has 14 heavy (non-hydrogen) atoms. The standard InChI is InChI=1S/C8H6F3NS2/c9-8(10,11)5-2-1-3-6(4-5)12-7(13)14/h1-4H,(H2,12,13,14). The van der Waals surface area contributed by atoms with Crippen LogP contribution in [0.4, 0.5) is 18.9 Å². The first kappa shape index (κ1) is 11.3. The lowest BCUT2D eigenvalue weighted by atomic mass is 10.2. The molecule has 0 fully saturated rings. The summed E-state index contributed by atoms with van der Waals surface area (Å²) in [5, 5.41) is 2.51. The normalized spacial score (nSPS) is 11.1. The highest BCUT2D eigenvalue weighted by atomic mass is 32.1. The van der Waals surface area contributed by atoms with E-state index in [9.17, 15) is 13.2 Å². The maximum Gasteiger partial charge on any atom is 0.416 e. The van der Waals surface area contributed by atoms with Crippen LogP contribution in [0, 0.1) is 0 Å². The molecule has 0 radical (unpaired) electrons. The maximum atomic E-state index is 12.2. The van der Waals surface area contributed by atoms with E-state index in [-0.39, 0.29) is 10.0 Å². The van der Waals surface area contributed by atoms with Crippen molar-refractivity contribution < 1.29 is 13.2 Å². The third kappa shape index (κ3) is 3.19. The Morgan fingerprint density at radius 3 is 2.50 bits per heavy atom. The number of hydrogen-bond acceptors (Lipinski definition) is 1. The highest BCUT2D eigenvalue weighted by Gasteiger charge is 2.30. The van der Waals surface area contributed by atoms with Gasteiger partial charge in [0.05, 0.1) is 5.56 Å². The van der Waals surface area contributed by atoms with Gasteiger partial charge in [0.2, 0.25) is 0 Å². The van der Waals surface area contributed by atoms with Gasteiger partial charge in [-0.25, -0.2) is 0 Å². The van der Waals surface area contributed by atoms with E-state index in [1.807, 2.05) is 0 Å². The Labute approximate surface area is 89.7 Å². The summed E-state index contributed by atoms with van der Waals surface area (Å²) in [6.07, 6.45) is -4.34. The second-order valence-electron chi connectivity index (χ2n) is 2.51. The molecule has 6 heteroatoms. The second kappa shape index (κ2) is 4.18. The molecule has 0 aliphatic rings. The van der Waals surface area contributed by atoms with E-state index < -0.39 is 11.7 Å². The third-order valence-corrected chi connectivity index (χ3v) is 1.66. The number of nitrogens with one attached hydrogen (secondary N) is 1. The second-order valence-corrected chi connectivity index (χ2v) is 3.67. The van der Waals surface area contributed by atoms with E-state index in [1.165, 1.54) is 12.1 Å². The minimum Gasteiger partial charge on any atom is -0.341 e. The monoisotopic (exact) mass is 237 g/mol. The number of anilines is 1. The molecule has 0 saturated heterocycles. The number of thiocarbonyl (C=S) groups is 1. The van der Waals surface area contributed by atoms with Gasteiger partial charge in [-0.15, -0.1) is 12.6 Å². The molecule has 0 aromatic heterocycles. The van der Waals surface area contributed by atoms with E-state index in [4.69, 9.17) is 0 Å². The smallest absolute Gasteiger partial charge is 0.341 e. The molecule has 0 amide bonds. The first-order valence-corrected chi connectivity index (χ1v) is 4.42. The summed E-state index contributed by atoms with van der Waals surface area (Å²) >= 11 is 8.34. The molecule has 0 heterocycles. The van der Waals surface area contributed by atoms with Gasteiger partial charge in [-0.1, -0.05) is 18.3 Å². The largest absolute Gasteiger partial charge is 0.416 e. The Bertz CT molecular complexity index is 349. The predicted molar refractivity (Wildman–Crippen MR) is 56.7 cm³/mol. The van der Waals surface area contributed by atoms with Crippen LogP contribution >= 0.6 is 24.8 Å². The molecule has 1 nitrogen and oxygen atoms in total. The molecule has 0 spiro atoms. The number of thiol groups is 1. The van der Waals surface area contributed by atoms with Crippen LogP contribution in [-0.4, -0.2) is 4.32 Å². The molecular weight excluding hydrogens is 231 g/mol. The van der Waals surface area contributed by atoms with Gasteiger partial charge in [0.15, 0.2) is 0 Å². The molecule has 0 saturated carbocycles. The molecule has 0 unspecified atom stereocenters. The number of rotatable bonds is 1. The van der Waals surface area contributed by atoms with Crippen LogP contribution in [0.25, 0.3) is 0 Å². The third-order valence-electron chi connectivity index (χ3n) is 1.44. The zero-order valence-electron chi connectivity index (χ0n) is 6.80. The average molecular weight is 237 g/mol. The van der Waals surface area contributed by atoms with Crippen LogP contribution in [0.1, 0.15) is 5.56 Å². The van der Waals surface area contributed by atoms with E-state index in [0.717, 1.165) is 12.1 Å². The van der Waals surface area contributed by atoms with Gasteiger partial charge >= 0.3 is 6.18 Å². The van der Waals surface area contributed by atoms with Gasteiger partial charge in [-0.2, -0.15) is 13.2 Å². The summed E-state index contributed by atoms with van der Waals surface area (Å²) in [5.41, 5.74) is -0.438. The lowest BCUT2D eigenvalue weighted by Crippen LogP contribution is -2.07. The number of halogens is 3. The van der Waals surface area contributed by atoms with Crippen LogP contribution in [0.5, 0.6) is 0 Å². The van der Waals surface area contributed by atoms with Gasteiger partial charge in [-0.3, -0.25) is 0 Å². The molecule has 0 bridgehead atoms. The van der Waals surface area contributed by atoms with Crippen LogP contribution in [0.2, 0.25) is 0 Å². The van der Waals surface area contributed by atoms with Crippen LogP contribution < -0.4 is 5.32 Å². The van der Waals surface area contributed by atoms with Gasteiger partial charge < -0.3 is 5.32 Å². The Hall–Kier alpha value is -0.750. The van der Waals surface area contributed by atoms with Crippen molar-refractivity contribution in [1.29, 1.82) is 0 Å². The Morgan fingerprint density at radius 1 is 1.36 bits per heavy atom. The molecule has 76 valence electrons. The van der Waals surface area contributed by atoms with Gasteiger partial charge in [-0.05, 0) is 18.2 Å². The van der Waals surface area contributed by atoms with Gasteiger partial charge in [0, 0.05) is 5.69 Å². The quantitative estimate of drug-likeness (QED) is 0.574. The number of alkyl halides is 3. The fraction of sp³-hybridized carbons (Fsp3) is 0.125. The van der Waals surface area contributed by atoms with E-state index in [0.29, 0.717) is 0 Å². The van der Waals surface area contributed by atoms with Gasteiger partial charge in [0.25, 0.3) is 0 Å². The van der Waals surface area contributed by atoms with Crippen molar-refractivity contribution in [3.63, 3.8) is 0 Å². The summed E-state index contributed by atoms with van der Waals surface area (Å²) in [4.78, 5) is 0. The number of benzene rings is 1. The van der Waals surface area contributed by atoms with E-state index >= 15 is 0 Å². The summed E-state index contributed by atoms with van der Waals surface area (Å²) in [6, 6.07) is 4.75. The topological polar surface area (TPSA) is 12.0 Å². The number of hydrogen-bond donors (Lipinski definition) is 2. The van der Waals surface area contributed by atoms with Gasteiger partial charge in [0.1, 0.15) is 4.32 Å². The average Bonchev–Trinajstić information content (AvgIpc) is 2.01. The lowest BCUT2D eigenvalue weighted by molar-refractivity contribution is -0.137. The van der Waals surface area contributed by atoms with Crippen molar-refractivity contribution in [1.82, 2.24) is 0 Å². The molecule has 1 N–H and O–H groups in total. The summed E-state index contributed by atoms with van der Waals surface area (Å²) in [6.45, 7) is 0. The first-order chi connectivity index (χ1) is 6.39. The Morgan fingerprint density at radius 2 is 2.00 bits per heavy atom. The van der Waals surface area contributed by atoms with Crippen molar-refractivity contribution in [2.75, 3.05) is 5.32 Å². The van der Waals surface area contributed by atoms with Crippen molar-refractivity contribution in [2.24, 2.45) is 0 Å². The summed E-state index contributed by atoms with van der Waals surface area (Å²) in [7, 11) is 0. The van der Waals surface area contributed by atoms with Crippen molar-refractivity contribution in [3.05, 3.63) is 29.8 Å². The highest BCUT2D eigenvalue weighted by Crippen LogP contribution is 2.30. The maximum absolute atomic E-state index is 12.2. The summed E-state index contributed by atoms with van der Waals surface area (Å²) < 4.78 is 36.8. The minimum absolute atomic E-state index is 0.129. The fourth-order valence-electron chi connectivity index (χ4n) is 0.897. The van der Waals surface area contributed by atoms with E-state index in [1.54, 1.807) is 0 Å². The summed E-state index contributed by atoms with van der Waals surface area (Å²) in [5.74, 6) is 0. The molecule has 1 aromatic carbocycles. The van der Waals surface area contributed by atoms with Crippen molar-refractivity contribution in [2.45, 2.75) is 6.18 Å². The van der Waals surface area contributed by atoms with Crippen LogP contribution in [-0.2, 0) is 6.18 Å². The molecule has 0 atom stereocenters. The molecule has 1 aromatic rings. The zero-order valence-corrected chi connectivity index (χ0v) is 8.51. The van der Waals surface area contributed by atoms with Crippen LogP contribution in [0.15, 0.2) is 24.3 Å². The zero-order chi connectivity index (χ0) is 10.8. The Kier molecular flexibility index (Phi) is 3.38. The van der Waals surface area contributed by atoms with Crippen LogP contribution in [0.3, 0.4) is 0 Å². The minimum atomic E-state index is -4.34. The molecule has 0 aliphatic carbocycles. The van der Waals surface area contributed by atoms with Crippen molar-refractivity contribution >= 4 is 34.9 Å². The molecule has 0 aliphatic heterocycles. The van der Waals surface area contributed by atoms with E-state index in [2.05, 4.69) is 30.2 Å². The SMILES string of the molecule is FC(F)(F)c1cccc(NC(=S)S)c1. The lowest BCUT2D eigenvalue weighted by Gasteiger charge is -2.08. The molecular formula is C8H6F3NS2. The first-order valence-electron chi connectivity index (χ1n) is 3.57.